The third-order valence-corrected chi connectivity index (χ3v) is 3.26. The van der Waals surface area contributed by atoms with Gasteiger partial charge >= 0.3 is 0 Å². The summed E-state index contributed by atoms with van der Waals surface area (Å²) in [4.78, 5) is 12.0. The largest absolute Gasteiger partial charge is 0.481 e. The van der Waals surface area contributed by atoms with E-state index >= 15 is 0 Å². The summed E-state index contributed by atoms with van der Waals surface area (Å²) < 4.78 is 5.64. The van der Waals surface area contributed by atoms with Gasteiger partial charge in [0.15, 0.2) is 6.10 Å². The van der Waals surface area contributed by atoms with Crippen LogP contribution < -0.4 is 10.1 Å². The molecule has 1 aromatic rings. The molecule has 0 saturated heterocycles. The summed E-state index contributed by atoms with van der Waals surface area (Å²) in [5.74, 6) is 0.418. The highest BCUT2D eigenvalue weighted by atomic mass is 16.5. The molecule has 118 valence electrons. The average Bonchev–Trinajstić information content (AvgIpc) is 2.37. The molecule has 0 bridgehead atoms. The number of rotatable bonds is 5. The summed E-state index contributed by atoms with van der Waals surface area (Å²) in [5, 5.41) is 11.9. The molecule has 1 atom stereocenters. The molecule has 21 heavy (non-hydrogen) atoms. The van der Waals surface area contributed by atoms with E-state index in [0.29, 0.717) is 5.75 Å². The van der Waals surface area contributed by atoms with E-state index < -0.39 is 11.6 Å². The predicted octanol–water partition coefficient (Wildman–Crippen LogP) is 2.64. The Morgan fingerprint density at radius 3 is 2.14 bits per heavy atom. The zero-order valence-corrected chi connectivity index (χ0v) is 13.9. The molecule has 4 nitrogen and oxygen atoms in total. The van der Waals surface area contributed by atoms with Gasteiger partial charge < -0.3 is 15.2 Å². The number of carbonyl (C=O) groups is 1. The molecule has 1 rings (SSSR count). The van der Waals surface area contributed by atoms with Crippen LogP contribution in [0.1, 0.15) is 47.1 Å². The molecule has 0 fully saturated rings. The third-order valence-electron chi connectivity index (χ3n) is 3.26. The SMILES string of the molecule is CC(Oc1ccc(C(C)(C)C)cc1)C(=O)NC(C)(C)CO. The van der Waals surface area contributed by atoms with Gasteiger partial charge in [-0.05, 0) is 43.9 Å². The molecular weight excluding hydrogens is 266 g/mol. The second kappa shape index (κ2) is 6.48. The third kappa shape index (κ3) is 5.38. The Morgan fingerprint density at radius 1 is 1.19 bits per heavy atom. The van der Waals surface area contributed by atoms with E-state index in [2.05, 4.69) is 26.1 Å². The fourth-order valence-electron chi connectivity index (χ4n) is 1.77. The molecule has 0 aliphatic rings. The smallest absolute Gasteiger partial charge is 0.261 e. The van der Waals surface area contributed by atoms with Crippen molar-refractivity contribution in [2.45, 2.75) is 58.6 Å². The number of aliphatic hydroxyl groups is 1. The molecule has 0 radical (unpaired) electrons. The molecule has 0 aliphatic heterocycles. The Morgan fingerprint density at radius 2 is 1.71 bits per heavy atom. The van der Waals surface area contributed by atoms with Crippen LogP contribution in [0.3, 0.4) is 0 Å². The van der Waals surface area contributed by atoms with Gasteiger partial charge in [0, 0.05) is 0 Å². The van der Waals surface area contributed by atoms with Crippen molar-refractivity contribution in [3.05, 3.63) is 29.8 Å². The van der Waals surface area contributed by atoms with Crippen LogP contribution in [0.15, 0.2) is 24.3 Å². The van der Waals surface area contributed by atoms with Crippen molar-refractivity contribution in [2.24, 2.45) is 0 Å². The van der Waals surface area contributed by atoms with Crippen LogP contribution in [0.4, 0.5) is 0 Å². The highest BCUT2D eigenvalue weighted by molar-refractivity contribution is 5.81. The molecule has 0 saturated carbocycles. The van der Waals surface area contributed by atoms with Gasteiger partial charge in [-0.1, -0.05) is 32.9 Å². The van der Waals surface area contributed by atoms with Crippen LogP contribution in [0, 0.1) is 0 Å². The first-order chi connectivity index (χ1) is 9.55. The Hall–Kier alpha value is -1.55. The number of carbonyl (C=O) groups excluding carboxylic acids is 1. The molecule has 0 heterocycles. The maximum atomic E-state index is 12.0. The Labute approximate surface area is 127 Å². The average molecular weight is 293 g/mol. The summed E-state index contributed by atoms with van der Waals surface area (Å²) in [6.07, 6.45) is -0.615. The van der Waals surface area contributed by atoms with E-state index in [-0.39, 0.29) is 17.9 Å². The van der Waals surface area contributed by atoms with Crippen molar-refractivity contribution in [3.63, 3.8) is 0 Å². The van der Waals surface area contributed by atoms with Crippen LogP contribution in [-0.4, -0.2) is 29.3 Å². The zero-order valence-electron chi connectivity index (χ0n) is 13.9. The summed E-state index contributed by atoms with van der Waals surface area (Å²) in [6.45, 7) is 11.5. The minimum absolute atomic E-state index is 0.0900. The first kappa shape index (κ1) is 17.5. The molecule has 4 heteroatoms. The zero-order chi connectivity index (χ0) is 16.3. The van der Waals surface area contributed by atoms with Gasteiger partial charge in [0.1, 0.15) is 5.75 Å². The minimum Gasteiger partial charge on any atom is -0.481 e. The van der Waals surface area contributed by atoms with E-state index in [9.17, 15) is 4.79 Å². The standard InChI is InChI=1S/C17H27NO3/c1-12(15(20)18-17(5,6)11-19)21-14-9-7-13(8-10-14)16(2,3)4/h7-10,12,19H,11H2,1-6H3,(H,18,20). The van der Waals surface area contributed by atoms with Gasteiger partial charge in [0.2, 0.25) is 0 Å². The van der Waals surface area contributed by atoms with Crippen LogP contribution in [0.25, 0.3) is 0 Å². The molecule has 1 unspecified atom stereocenters. The fraction of sp³-hybridized carbons (Fsp3) is 0.588. The number of hydrogen-bond donors (Lipinski definition) is 2. The Balaban J connectivity index is 2.67. The quantitative estimate of drug-likeness (QED) is 0.877. The number of ether oxygens (including phenoxy) is 1. The highest BCUT2D eigenvalue weighted by Crippen LogP contribution is 2.24. The van der Waals surface area contributed by atoms with Gasteiger partial charge in [-0.2, -0.15) is 0 Å². The van der Waals surface area contributed by atoms with Gasteiger partial charge in [-0.3, -0.25) is 4.79 Å². The van der Waals surface area contributed by atoms with Gasteiger partial charge in [-0.15, -0.1) is 0 Å². The number of amides is 1. The number of aliphatic hydroxyl groups excluding tert-OH is 1. The lowest BCUT2D eigenvalue weighted by atomic mass is 9.87. The maximum Gasteiger partial charge on any atom is 0.261 e. The second-order valence-electron chi connectivity index (χ2n) is 7.07. The van der Waals surface area contributed by atoms with Crippen LogP contribution in [-0.2, 0) is 10.2 Å². The summed E-state index contributed by atoms with van der Waals surface area (Å²) >= 11 is 0. The lowest BCUT2D eigenvalue weighted by Crippen LogP contribution is -2.50. The Bertz CT molecular complexity index is 472. The molecule has 0 aliphatic carbocycles. The molecule has 1 amide bonds. The van der Waals surface area contributed by atoms with E-state index in [0.717, 1.165) is 0 Å². The lowest BCUT2D eigenvalue weighted by molar-refractivity contribution is -0.129. The van der Waals surface area contributed by atoms with E-state index in [1.807, 2.05) is 24.3 Å². The maximum absolute atomic E-state index is 12.0. The number of benzene rings is 1. The van der Waals surface area contributed by atoms with Crippen molar-refractivity contribution in [1.29, 1.82) is 0 Å². The van der Waals surface area contributed by atoms with Crippen LogP contribution >= 0.6 is 0 Å². The number of nitrogens with one attached hydrogen (secondary N) is 1. The molecule has 0 aromatic heterocycles. The second-order valence-corrected chi connectivity index (χ2v) is 7.07. The first-order valence-electron chi connectivity index (χ1n) is 7.25. The van der Waals surface area contributed by atoms with E-state index in [1.54, 1.807) is 20.8 Å². The Kier molecular flexibility index (Phi) is 5.40. The van der Waals surface area contributed by atoms with Crippen LogP contribution in [0.5, 0.6) is 5.75 Å². The minimum atomic E-state index is -0.648. The summed E-state index contributed by atoms with van der Waals surface area (Å²) in [7, 11) is 0. The van der Waals surface area contributed by atoms with Gasteiger partial charge in [0.05, 0.1) is 12.1 Å². The predicted molar refractivity (Wildman–Crippen MR) is 84.5 cm³/mol. The highest BCUT2D eigenvalue weighted by Gasteiger charge is 2.23. The molecular formula is C17H27NO3. The van der Waals surface area contributed by atoms with E-state index in [1.165, 1.54) is 5.56 Å². The summed E-state index contributed by atoms with van der Waals surface area (Å²) in [5.41, 5.74) is 0.658. The molecule has 1 aromatic carbocycles. The topological polar surface area (TPSA) is 58.6 Å². The van der Waals surface area contributed by atoms with Crippen molar-refractivity contribution < 1.29 is 14.6 Å². The number of hydrogen-bond acceptors (Lipinski definition) is 3. The van der Waals surface area contributed by atoms with Crippen molar-refractivity contribution >= 4 is 5.91 Å². The van der Waals surface area contributed by atoms with E-state index in [4.69, 9.17) is 9.84 Å². The monoisotopic (exact) mass is 293 g/mol. The normalized spacial score (nSPS) is 13.7. The lowest BCUT2D eigenvalue weighted by Gasteiger charge is -2.26. The van der Waals surface area contributed by atoms with Crippen molar-refractivity contribution in [1.82, 2.24) is 5.32 Å². The summed E-state index contributed by atoms with van der Waals surface area (Å²) in [6, 6.07) is 7.78. The van der Waals surface area contributed by atoms with Crippen molar-refractivity contribution in [2.75, 3.05) is 6.61 Å². The van der Waals surface area contributed by atoms with Gasteiger partial charge in [-0.25, -0.2) is 0 Å². The van der Waals surface area contributed by atoms with Crippen LogP contribution in [0.2, 0.25) is 0 Å². The first-order valence-corrected chi connectivity index (χ1v) is 7.25. The van der Waals surface area contributed by atoms with Crippen molar-refractivity contribution in [3.8, 4) is 5.75 Å². The fourth-order valence-corrected chi connectivity index (χ4v) is 1.77. The van der Waals surface area contributed by atoms with Gasteiger partial charge in [0.25, 0.3) is 5.91 Å². The molecule has 2 N–H and O–H groups in total. The molecule has 0 spiro atoms.